The highest BCUT2D eigenvalue weighted by Crippen LogP contribution is 2.40. The minimum atomic E-state index is 0.122. The molecule has 6 rings (SSSR count). The van der Waals surface area contributed by atoms with Gasteiger partial charge in [-0.2, -0.15) is 0 Å². The molecule has 4 aromatic carbocycles. The zero-order valence-corrected chi connectivity index (χ0v) is 20.9. The van der Waals surface area contributed by atoms with Crippen molar-refractivity contribution in [1.29, 1.82) is 0 Å². The Morgan fingerprint density at radius 1 is 0.500 bits per heavy atom. The van der Waals surface area contributed by atoms with Gasteiger partial charge in [-0.1, -0.05) is 81.4 Å². The van der Waals surface area contributed by atoms with Crippen molar-refractivity contribution in [3.63, 3.8) is 0 Å². The molecule has 174 valence electrons. The van der Waals surface area contributed by atoms with E-state index in [9.17, 15) is 0 Å². The lowest BCUT2D eigenvalue weighted by molar-refractivity contribution is 0.590. The van der Waals surface area contributed by atoms with Crippen molar-refractivity contribution in [2.75, 3.05) is 0 Å². The van der Waals surface area contributed by atoms with Crippen molar-refractivity contribution in [1.82, 2.24) is 9.97 Å². The maximum absolute atomic E-state index is 4.32. The Labute approximate surface area is 212 Å². The standard InChI is InChI=1S/C34H28N2/c1-34(2,3)30-12-8-23(9-13-30)33-31-14-10-24(26-6-4-16-35-21-26)18-28(31)20-29-19-25(11-15-32(29)33)27-7-5-17-36-22-27/h4-22H,1-3H3. The normalized spacial score (nSPS) is 11.8. The van der Waals surface area contributed by atoms with Crippen molar-refractivity contribution in [3.8, 4) is 33.4 Å². The van der Waals surface area contributed by atoms with Gasteiger partial charge in [0.05, 0.1) is 0 Å². The number of aromatic nitrogens is 2. The van der Waals surface area contributed by atoms with E-state index in [4.69, 9.17) is 0 Å². The van der Waals surface area contributed by atoms with Gasteiger partial charge in [0.1, 0.15) is 0 Å². The van der Waals surface area contributed by atoms with Gasteiger partial charge in [-0.05, 0) is 85.1 Å². The van der Waals surface area contributed by atoms with Crippen LogP contribution in [0.2, 0.25) is 0 Å². The van der Waals surface area contributed by atoms with Gasteiger partial charge in [-0.15, -0.1) is 0 Å². The first-order valence-corrected chi connectivity index (χ1v) is 12.4. The van der Waals surface area contributed by atoms with Crippen LogP contribution in [0.4, 0.5) is 0 Å². The highest BCUT2D eigenvalue weighted by atomic mass is 14.6. The van der Waals surface area contributed by atoms with Gasteiger partial charge in [0.25, 0.3) is 0 Å². The van der Waals surface area contributed by atoms with E-state index in [1.54, 1.807) is 0 Å². The molecule has 2 aromatic heterocycles. The zero-order chi connectivity index (χ0) is 24.7. The largest absolute Gasteiger partial charge is 0.264 e. The first-order chi connectivity index (χ1) is 17.5. The van der Waals surface area contributed by atoms with Crippen LogP contribution in [-0.4, -0.2) is 9.97 Å². The van der Waals surface area contributed by atoms with E-state index in [0.717, 1.165) is 11.1 Å². The molecule has 2 nitrogen and oxygen atoms in total. The van der Waals surface area contributed by atoms with Crippen molar-refractivity contribution in [3.05, 3.63) is 121 Å². The highest BCUT2D eigenvalue weighted by Gasteiger charge is 2.16. The summed E-state index contributed by atoms with van der Waals surface area (Å²) < 4.78 is 0. The third-order valence-corrected chi connectivity index (χ3v) is 6.98. The molecule has 0 aliphatic heterocycles. The van der Waals surface area contributed by atoms with Gasteiger partial charge >= 0.3 is 0 Å². The Hall–Kier alpha value is -4.30. The van der Waals surface area contributed by atoms with Crippen LogP contribution in [0.25, 0.3) is 54.9 Å². The van der Waals surface area contributed by atoms with Crippen LogP contribution in [0, 0.1) is 0 Å². The number of nitrogens with zero attached hydrogens (tertiary/aromatic N) is 2. The van der Waals surface area contributed by atoms with Crippen molar-refractivity contribution in [2.24, 2.45) is 0 Å². The summed E-state index contributed by atoms with van der Waals surface area (Å²) in [4.78, 5) is 8.65. The maximum atomic E-state index is 4.32. The topological polar surface area (TPSA) is 25.8 Å². The second-order valence-corrected chi connectivity index (χ2v) is 10.4. The minimum absolute atomic E-state index is 0.122. The zero-order valence-electron chi connectivity index (χ0n) is 20.9. The summed E-state index contributed by atoms with van der Waals surface area (Å²) >= 11 is 0. The summed E-state index contributed by atoms with van der Waals surface area (Å²) in [6.07, 6.45) is 7.48. The lowest BCUT2D eigenvalue weighted by Crippen LogP contribution is -2.10. The van der Waals surface area contributed by atoms with Gasteiger partial charge in [-0.25, -0.2) is 0 Å². The predicted octanol–water partition coefficient (Wildman–Crippen LogP) is 9.08. The van der Waals surface area contributed by atoms with E-state index in [2.05, 4.69) is 110 Å². The van der Waals surface area contributed by atoms with Crippen molar-refractivity contribution in [2.45, 2.75) is 26.2 Å². The smallest absolute Gasteiger partial charge is 0.0346 e. The van der Waals surface area contributed by atoms with Crippen LogP contribution in [0.3, 0.4) is 0 Å². The lowest BCUT2D eigenvalue weighted by atomic mass is 9.85. The molecule has 0 bridgehead atoms. The number of fused-ring (bicyclic) bond motifs is 2. The first kappa shape index (κ1) is 22.2. The second-order valence-electron chi connectivity index (χ2n) is 10.4. The van der Waals surface area contributed by atoms with Crippen LogP contribution < -0.4 is 0 Å². The molecule has 0 fully saturated rings. The molecule has 0 aliphatic rings. The molecule has 0 saturated heterocycles. The number of benzene rings is 4. The lowest BCUT2D eigenvalue weighted by Gasteiger charge is -2.20. The predicted molar refractivity (Wildman–Crippen MR) is 152 cm³/mol. The summed E-state index contributed by atoms with van der Waals surface area (Å²) in [5, 5.41) is 4.96. The molecule has 0 unspecified atom stereocenters. The Kier molecular flexibility index (Phi) is 5.38. The van der Waals surface area contributed by atoms with E-state index in [1.807, 2.05) is 36.9 Å². The van der Waals surface area contributed by atoms with Gasteiger partial charge in [-0.3, -0.25) is 9.97 Å². The Bertz CT molecular complexity index is 1580. The molecule has 0 radical (unpaired) electrons. The quantitative estimate of drug-likeness (QED) is 0.244. The molecule has 0 N–H and O–H groups in total. The molecule has 0 amide bonds. The number of hydrogen-bond acceptors (Lipinski definition) is 2. The average Bonchev–Trinajstić information content (AvgIpc) is 2.91. The van der Waals surface area contributed by atoms with Crippen LogP contribution in [-0.2, 0) is 5.41 Å². The SMILES string of the molecule is CC(C)(C)c1ccc(-c2c3ccc(-c4cccnc4)cc3cc3cc(-c4cccnc4)ccc23)cc1. The van der Waals surface area contributed by atoms with Gasteiger partial charge in [0, 0.05) is 35.9 Å². The molecule has 2 heteroatoms. The van der Waals surface area contributed by atoms with E-state index >= 15 is 0 Å². The summed E-state index contributed by atoms with van der Waals surface area (Å²) in [6.45, 7) is 6.78. The van der Waals surface area contributed by atoms with Gasteiger partial charge in [0.15, 0.2) is 0 Å². The van der Waals surface area contributed by atoms with E-state index in [0.29, 0.717) is 0 Å². The molecule has 0 saturated carbocycles. The third-order valence-electron chi connectivity index (χ3n) is 6.98. The summed E-state index contributed by atoms with van der Waals surface area (Å²) in [6, 6.07) is 33.1. The van der Waals surface area contributed by atoms with E-state index in [1.165, 1.54) is 49.4 Å². The van der Waals surface area contributed by atoms with Crippen LogP contribution in [0.15, 0.2) is 116 Å². The van der Waals surface area contributed by atoms with Crippen LogP contribution >= 0.6 is 0 Å². The molecule has 36 heavy (non-hydrogen) atoms. The fourth-order valence-electron chi connectivity index (χ4n) is 5.01. The molecule has 0 atom stereocenters. The Balaban J connectivity index is 1.61. The molecule has 0 spiro atoms. The fourth-order valence-corrected chi connectivity index (χ4v) is 5.01. The second kappa shape index (κ2) is 8.73. The summed E-state index contributed by atoms with van der Waals surface area (Å²) in [5.41, 5.74) is 8.57. The number of hydrogen-bond donors (Lipinski definition) is 0. The number of pyridine rings is 2. The van der Waals surface area contributed by atoms with Crippen molar-refractivity contribution >= 4 is 21.5 Å². The molecule has 6 aromatic rings. The molecule has 2 heterocycles. The minimum Gasteiger partial charge on any atom is -0.264 e. The third kappa shape index (κ3) is 4.05. The Morgan fingerprint density at radius 3 is 1.44 bits per heavy atom. The maximum Gasteiger partial charge on any atom is 0.0346 e. The summed E-state index contributed by atoms with van der Waals surface area (Å²) in [7, 11) is 0. The van der Waals surface area contributed by atoms with Crippen LogP contribution in [0.5, 0.6) is 0 Å². The van der Waals surface area contributed by atoms with Gasteiger partial charge in [0.2, 0.25) is 0 Å². The van der Waals surface area contributed by atoms with Crippen LogP contribution in [0.1, 0.15) is 26.3 Å². The monoisotopic (exact) mass is 464 g/mol. The first-order valence-electron chi connectivity index (χ1n) is 12.4. The molecular weight excluding hydrogens is 436 g/mol. The van der Waals surface area contributed by atoms with E-state index < -0.39 is 0 Å². The number of rotatable bonds is 3. The van der Waals surface area contributed by atoms with E-state index in [-0.39, 0.29) is 5.41 Å². The molecular formula is C34H28N2. The highest BCUT2D eigenvalue weighted by molar-refractivity contribution is 6.14. The average molecular weight is 465 g/mol. The molecule has 0 aliphatic carbocycles. The summed E-state index contributed by atoms with van der Waals surface area (Å²) in [5.74, 6) is 0. The van der Waals surface area contributed by atoms with Gasteiger partial charge < -0.3 is 0 Å². The Morgan fingerprint density at radius 2 is 1.00 bits per heavy atom. The van der Waals surface area contributed by atoms with Crippen molar-refractivity contribution < 1.29 is 0 Å². The fraction of sp³-hybridized carbons (Fsp3) is 0.118.